The van der Waals surface area contributed by atoms with Crippen LogP contribution < -0.4 is 10.3 Å². The van der Waals surface area contributed by atoms with Crippen molar-refractivity contribution in [3.05, 3.63) is 40.7 Å². The molecule has 0 fully saturated rings. The van der Waals surface area contributed by atoms with Gasteiger partial charge in [-0.2, -0.15) is 0 Å². The summed E-state index contributed by atoms with van der Waals surface area (Å²) in [6.07, 6.45) is 7.42. The van der Waals surface area contributed by atoms with Crippen molar-refractivity contribution in [3.8, 4) is 5.75 Å². The molecule has 0 bridgehead atoms. The molecule has 0 radical (unpaired) electrons. The number of para-hydroxylation sites is 1. The van der Waals surface area contributed by atoms with Crippen molar-refractivity contribution in [1.29, 1.82) is 0 Å². The number of aryl methyl sites for hydroxylation is 1. The first-order valence-corrected chi connectivity index (χ1v) is 7.95. The third-order valence-electron chi connectivity index (χ3n) is 3.87. The third kappa shape index (κ3) is 4.10. The van der Waals surface area contributed by atoms with Crippen molar-refractivity contribution in [2.24, 2.45) is 7.05 Å². The zero-order valence-electron chi connectivity index (χ0n) is 13.1. The molecule has 0 amide bonds. The highest BCUT2D eigenvalue weighted by atomic mass is 16.5. The maximum absolute atomic E-state index is 11.9. The molecule has 0 atom stereocenters. The molecular formula is C18H25NO2. The SMILES string of the molecule is CCCCCCCCOc1cc(=O)n(C)c2ccccc12. The number of hydrogen-bond donors (Lipinski definition) is 0. The molecule has 0 aliphatic rings. The van der Waals surface area contributed by atoms with Crippen LogP contribution in [-0.2, 0) is 7.05 Å². The predicted molar refractivity (Wildman–Crippen MR) is 88.1 cm³/mol. The van der Waals surface area contributed by atoms with Gasteiger partial charge in [0.2, 0.25) is 0 Å². The van der Waals surface area contributed by atoms with Crippen molar-refractivity contribution >= 4 is 10.9 Å². The number of hydrogen-bond acceptors (Lipinski definition) is 2. The van der Waals surface area contributed by atoms with Gasteiger partial charge in [-0.15, -0.1) is 0 Å². The molecule has 2 rings (SSSR count). The molecule has 0 saturated heterocycles. The summed E-state index contributed by atoms with van der Waals surface area (Å²) in [5, 5.41) is 1.01. The van der Waals surface area contributed by atoms with E-state index in [1.54, 1.807) is 17.7 Å². The summed E-state index contributed by atoms with van der Waals surface area (Å²) in [5.74, 6) is 0.710. The topological polar surface area (TPSA) is 31.2 Å². The highest BCUT2D eigenvalue weighted by Crippen LogP contribution is 2.23. The van der Waals surface area contributed by atoms with Crippen molar-refractivity contribution in [2.45, 2.75) is 45.4 Å². The number of unbranched alkanes of at least 4 members (excludes halogenated alkanes) is 5. The van der Waals surface area contributed by atoms with Crippen LogP contribution in [0.2, 0.25) is 0 Å². The quantitative estimate of drug-likeness (QED) is 0.679. The lowest BCUT2D eigenvalue weighted by Gasteiger charge is -2.11. The molecule has 0 N–H and O–H groups in total. The minimum Gasteiger partial charge on any atom is -0.493 e. The monoisotopic (exact) mass is 287 g/mol. The number of pyridine rings is 1. The van der Waals surface area contributed by atoms with E-state index in [9.17, 15) is 4.79 Å². The van der Waals surface area contributed by atoms with Crippen molar-refractivity contribution < 1.29 is 4.74 Å². The molecule has 21 heavy (non-hydrogen) atoms. The Balaban J connectivity index is 1.96. The van der Waals surface area contributed by atoms with Crippen LogP contribution in [0.25, 0.3) is 10.9 Å². The first-order valence-electron chi connectivity index (χ1n) is 7.95. The van der Waals surface area contributed by atoms with Gasteiger partial charge < -0.3 is 9.30 Å². The zero-order valence-corrected chi connectivity index (χ0v) is 13.1. The highest BCUT2D eigenvalue weighted by Gasteiger charge is 2.06. The number of rotatable bonds is 8. The van der Waals surface area contributed by atoms with Gasteiger partial charge in [-0.05, 0) is 18.6 Å². The fourth-order valence-corrected chi connectivity index (χ4v) is 2.56. The Bertz CT molecular complexity index is 631. The van der Waals surface area contributed by atoms with Crippen LogP contribution >= 0.6 is 0 Å². The lowest BCUT2D eigenvalue weighted by atomic mass is 10.1. The van der Waals surface area contributed by atoms with E-state index in [1.165, 1.54) is 32.1 Å². The minimum atomic E-state index is -0.0216. The van der Waals surface area contributed by atoms with Gasteiger partial charge in [-0.3, -0.25) is 4.79 Å². The second kappa shape index (κ2) is 7.87. The minimum absolute atomic E-state index is 0.0216. The van der Waals surface area contributed by atoms with Crippen LogP contribution in [0.15, 0.2) is 35.1 Å². The van der Waals surface area contributed by atoms with E-state index in [0.717, 1.165) is 17.3 Å². The van der Waals surface area contributed by atoms with Gasteiger partial charge in [0.1, 0.15) is 5.75 Å². The average Bonchev–Trinajstić information content (AvgIpc) is 2.51. The molecule has 0 saturated carbocycles. The summed E-state index contributed by atoms with van der Waals surface area (Å²) in [7, 11) is 1.79. The Hall–Kier alpha value is -1.77. The molecule has 0 spiro atoms. The van der Waals surface area contributed by atoms with Crippen LogP contribution in [0, 0.1) is 0 Å². The molecular weight excluding hydrogens is 262 g/mol. The summed E-state index contributed by atoms with van der Waals surface area (Å²) in [6, 6.07) is 9.48. The van der Waals surface area contributed by atoms with Gasteiger partial charge in [-0.25, -0.2) is 0 Å². The summed E-state index contributed by atoms with van der Waals surface area (Å²) in [6.45, 7) is 2.91. The van der Waals surface area contributed by atoms with Crippen LogP contribution in [0.1, 0.15) is 45.4 Å². The van der Waals surface area contributed by atoms with Crippen LogP contribution in [0.5, 0.6) is 5.75 Å². The molecule has 1 aromatic heterocycles. The fraction of sp³-hybridized carbons (Fsp3) is 0.500. The Kier molecular flexibility index (Phi) is 5.85. The van der Waals surface area contributed by atoms with Crippen molar-refractivity contribution in [1.82, 2.24) is 4.57 Å². The van der Waals surface area contributed by atoms with Crippen molar-refractivity contribution in [3.63, 3.8) is 0 Å². The Morgan fingerprint density at radius 2 is 1.76 bits per heavy atom. The van der Waals surface area contributed by atoms with E-state index < -0.39 is 0 Å². The number of ether oxygens (including phenoxy) is 1. The van der Waals surface area contributed by atoms with Gasteiger partial charge in [0.15, 0.2) is 0 Å². The zero-order chi connectivity index (χ0) is 15.1. The Morgan fingerprint density at radius 1 is 1.05 bits per heavy atom. The first-order chi connectivity index (χ1) is 10.2. The summed E-state index contributed by atoms with van der Waals surface area (Å²) in [5.41, 5.74) is 0.898. The van der Waals surface area contributed by atoms with Gasteiger partial charge >= 0.3 is 0 Å². The number of fused-ring (bicyclic) bond motifs is 1. The largest absolute Gasteiger partial charge is 0.493 e. The molecule has 3 heteroatoms. The molecule has 0 unspecified atom stereocenters. The second-order valence-electron chi connectivity index (χ2n) is 5.54. The van der Waals surface area contributed by atoms with Gasteiger partial charge in [0, 0.05) is 18.5 Å². The van der Waals surface area contributed by atoms with Gasteiger partial charge in [0.25, 0.3) is 5.56 Å². The normalized spacial score (nSPS) is 11.0. The van der Waals surface area contributed by atoms with Crippen LogP contribution in [0.3, 0.4) is 0 Å². The maximum Gasteiger partial charge on any atom is 0.254 e. The Morgan fingerprint density at radius 3 is 2.57 bits per heavy atom. The fourth-order valence-electron chi connectivity index (χ4n) is 2.56. The van der Waals surface area contributed by atoms with Gasteiger partial charge in [0.05, 0.1) is 12.1 Å². The third-order valence-corrected chi connectivity index (χ3v) is 3.87. The predicted octanol–water partition coefficient (Wildman–Crippen LogP) is 4.28. The van der Waals surface area contributed by atoms with Gasteiger partial charge in [-0.1, -0.05) is 51.2 Å². The molecule has 1 heterocycles. The highest BCUT2D eigenvalue weighted by molar-refractivity contribution is 5.85. The second-order valence-corrected chi connectivity index (χ2v) is 5.54. The Labute approximate surface area is 126 Å². The standard InChI is InChI=1S/C18H25NO2/c1-3-4-5-6-7-10-13-21-17-14-18(20)19(2)16-12-9-8-11-15(16)17/h8-9,11-12,14H,3-7,10,13H2,1-2H3. The molecule has 0 aliphatic heterocycles. The molecule has 1 aromatic carbocycles. The lowest BCUT2D eigenvalue weighted by molar-refractivity contribution is 0.307. The lowest BCUT2D eigenvalue weighted by Crippen LogP contribution is -2.16. The van der Waals surface area contributed by atoms with Crippen LogP contribution in [0.4, 0.5) is 0 Å². The van der Waals surface area contributed by atoms with E-state index >= 15 is 0 Å². The van der Waals surface area contributed by atoms with Crippen molar-refractivity contribution in [2.75, 3.05) is 6.61 Å². The molecule has 2 aromatic rings. The smallest absolute Gasteiger partial charge is 0.254 e. The van der Waals surface area contributed by atoms with E-state index in [-0.39, 0.29) is 5.56 Å². The summed E-state index contributed by atoms with van der Waals surface area (Å²) in [4.78, 5) is 11.9. The van der Waals surface area contributed by atoms with E-state index in [1.807, 2.05) is 24.3 Å². The molecule has 0 aliphatic carbocycles. The number of aromatic nitrogens is 1. The molecule has 3 nitrogen and oxygen atoms in total. The van der Waals surface area contributed by atoms with Crippen LogP contribution in [-0.4, -0.2) is 11.2 Å². The van der Waals surface area contributed by atoms with E-state index in [2.05, 4.69) is 6.92 Å². The number of benzene rings is 1. The first kappa shape index (κ1) is 15.6. The molecule has 114 valence electrons. The summed E-state index contributed by atoms with van der Waals surface area (Å²) >= 11 is 0. The van der Waals surface area contributed by atoms with E-state index in [4.69, 9.17) is 4.74 Å². The maximum atomic E-state index is 11.9. The summed E-state index contributed by atoms with van der Waals surface area (Å²) < 4.78 is 7.51. The number of nitrogens with zero attached hydrogens (tertiary/aromatic N) is 1. The average molecular weight is 287 g/mol. The van der Waals surface area contributed by atoms with E-state index in [0.29, 0.717) is 12.4 Å².